The molecule has 0 aliphatic carbocycles. The Morgan fingerprint density at radius 2 is 1.94 bits per heavy atom. The van der Waals surface area contributed by atoms with E-state index in [2.05, 4.69) is 61.8 Å². The largest absolute Gasteiger partial charge is 0.295 e. The fourth-order valence-electron chi connectivity index (χ4n) is 2.68. The Kier molecular flexibility index (Phi) is 2.84. The Morgan fingerprint density at radius 3 is 2.67 bits per heavy atom. The van der Waals surface area contributed by atoms with Gasteiger partial charge in [-0.1, -0.05) is 42.5 Å². The van der Waals surface area contributed by atoms with Gasteiger partial charge in [0.2, 0.25) is 0 Å². The van der Waals surface area contributed by atoms with Gasteiger partial charge in [-0.05, 0) is 43.0 Å². The highest BCUT2D eigenvalue weighted by molar-refractivity contribution is 5.82. The van der Waals surface area contributed by atoms with Crippen LogP contribution in [0.4, 0.5) is 0 Å². The van der Waals surface area contributed by atoms with Gasteiger partial charge in [-0.15, -0.1) is 0 Å². The standard InChI is InChI=1S/C16H19NO/c1-16(2)11-15(17-18-16)10-12-7-8-13-5-3-4-6-14(13)9-12/h3-9,15,17H,10-11H2,1-2H3/t15-/m0/s1. The number of hydroxylamine groups is 1. The van der Waals surface area contributed by atoms with Crippen LogP contribution in [0.1, 0.15) is 25.8 Å². The third kappa shape index (κ3) is 2.40. The highest BCUT2D eigenvalue weighted by atomic mass is 16.7. The summed E-state index contributed by atoms with van der Waals surface area (Å²) in [7, 11) is 0. The molecule has 1 saturated heterocycles. The normalized spacial score (nSPS) is 22.4. The lowest BCUT2D eigenvalue weighted by atomic mass is 9.95. The summed E-state index contributed by atoms with van der Waals surface area (Å²) in [6, 6.07) is 15.6. The first-order valence-corrected chi connectivity index (χ1v) is 6.54. The molecule has 0 spiro atoms. The highest BCUT2D eigenvalue weighted by Gasteiger charge is 2.31. The Labute approximate surface area is 108 Å². The molecule has 0 unspecified atom stereocenters. The Morgan fingerprint density at radius 1 is 1.17 bits per heavy atom. The molecular formula is C16H19NO. The molecule has 94 valence electrons. The lowest BCUT2D eigenvalue weighted by Gasteiger charge is -2.13. The van der Waals surface area contributed by atoms with Gasteiger partial charge in [0.1, 0.15) is 0 Å². The molecule has 1 aliphatic rings. The van der Waals surface area contributed by atoms with Crippen LogP contribution in [0.15, 0.2) is 42.5 Å². The summed E-state index contributed by atoms with van der Waals surface area (Å²) in [6.07, 6.45) is 2.08. The molecule has 2 heteroatoms. The van der Waals surface area contributed by atoms with E-state index in [-0.39, 0.29) is 5.60 Å². The lowest BCUT2D eigenvalue weighted by Crippen LogP contribution is -2.22. The van der Waals surface area contributed by atoms with Crippen LogP contribution in [0, 0.1) is 0 Å². The first kappa shape index (κ1) is 11.7. The predicted molar refractivity (Wildman–Crippen MR) is 74.4 cm³/mol. The monoisotopic (exact) mass is 241 g/mol. The van der Waals surface area contributed by atoms with Gasteiger partial charge in [0.15, 0.2) is 0 Å². The SMILES string of the molecule is CC1(C)C[C@H](Cc2ccc3ccccc3c2)NO1. The van der Waals surface area contributed by atoms with Gasteiger partial charge in [0, 0.05) is 6.04 Å². The fraction of sp³-hybridized carbons (Fsp3) is 0.375. The van der Waals surface area contributed by atoms with Crippen LogP contribution in [0.3, 0.4) is 0 Å². The molecule has 3 rings (SSSR count). The molecule has 0 saturated carbocycles. The van der Waals surface area contributed by atoms with Crippen molar-refractivity contribution in [3.63, 3.8) is 0 Å². The maximum absolute atomic E-state index is 5.56. The highest BCUT2D eigenvalue weighted by Crippen LogP contribution is 2.25. The van der Waals surface area contributed by atoms with E-state index in [4.69, 9.17) is 4.84 Å². The molecule has 2 nitrogen and oxygen atoms in total. The summed E-state index contributed by atoms with van der Waals surface area (Å²) in [5.74, 6) is 0. The van der Waals surface area contributed by atoms with Crippen molar-refractivity contribution >= 4 is 10.8 Å². The van der Waals surface area contributed by atoms with Crippen molar-refractivity contribution in [2.75, 3.05) is 0 Å². The smallest absolute Gasteiger partial charge is 0.0856 e. The summed E-state index contributed by atoms with van der Waals surface area (Å²) >= 11 is 0. The molecule has 0 bridgehead atoms. The molecular weight excluding hydrogens is 222 g/mol. The fourth-order valence-corrected chi connectivity index (χ4v) is 2.68. The van der Waals surface area contributed by atoms with E-state index in [1.807, 2.05) is 0 Å². The van der Waals surface area contributed by atoms with Crippen LogP contribution in [-0.4, -0.2) is 11.6 Å². The third-order valence-electron chi connectivity index (χ3n) is 3.54. The molecule has 0 amide bonds. The van der Waals surface area contributed by atoms with Crippen LogP contribution < -0.4 is 5.48 Å². The number of hydrogen-bond donors (Lipinski definition) is 1. The topological polar surface area (TPSA) is 21.3 Å². The van der Waals surface area contributed by atoms with Gasteiger partial charge < -0.3 is 0 Å². The summed E-state index contributed by atoms with van der Waals surface area (Å²) in [5.41, 5.74) is 4.47. The van der Waals surface area contributed by atoms with Crippen molar-refractivity contribution in [2.45, 2.75) is 38.3 Å². The van der Waals surface area contributed by atoms with E-state index in [9.17, 15) is 0 Å². The lowest BCUT2D eigenvalue weighted by molar-refractivity contribution is -0.0311. The minimum Gasteiger partial charge on any atom is -0.295 e. The van der Waals surface area contributed by atoms with Crippen LogP contribution in [-0.2, 0) is 11.3 Å². The second-order valence-corrected chi connectivity index (χ2v) is 5.77. The number of benzene rings is 2. The van der Waals surface area contributed by atoms with Gasteiger partial charge in [-0.3, -0.25) is 4.84 Å². The Hall–Kier alpha value is -1.38. The average molecular weight is 241 g/mol. The second kappa shape index (κ2) is 4.38. The molecule has 1 N–H and O–H groups in total. The molecule has 1 aliphatic heterocycles. The molecule has 1 heterocycles. The molecule has 18 heavy (non-hydrogen) atoms. The maximum atomic E-state index is 5.56. The number of hydrogen-bond acceptors (Lipinski definition) is 2. The zero-order valence-electron chi connectivity index (χ0n) is 10.9. The van der Waals surface area contributed by atoms with Crippen molar-refractivity contribution in [1.82, 2.24) is 5.48 Å². The van der Waals surface area contributed by atoms with Crippen LogP contribution in [0.25, 0.3) is 10.8 Å². The van der Waals surface area contributed by atoms with E-state index >= 15 is 0 Å². The quantitative estimate of drug-likeness (QED) is 0.869. The first-order chi connectivity index (χ1) is 8.62. The summed E-state index contributed by atoms with van der Waals surface area (Å²) in [5, 5.41) is 2.62. The summed E-state index contributed by atoms with van der Waals surface area (Å²) in [6.45, 7) is 4.25. The minimum atomic E-state index is -0.0402. The van der Waals surface area contributed by atoms with E-state index in [1.165, 1.54) is 16.3 Å². The van der Waals surface area contributed by atoms with E-state index in [0.29, 0.717) is 6.04 Å². The van der Waals surface area contributed by atoms with Gasteiger partial charge in [0.25, 0.3) is 0 Å². The molecule has 0 aromatic heterocycles. The predicted octanol–water partition coefficient (Wildman–Crippen LogP) is 3.45. The van der Waals surface area contributed by atoms with Gasteiger partial charge >= 0.3 is 0 Å². The van der Waals surface area contributed by atoms with Crippen LogP contribution >= 0.6 is 0 Å². The third-order valence-corrected chi connectivity index (χ3v) is 3.54. The summed E-state index contributed by atoms with van der Waals surface area (Å²) in [4.78, 5) is 5.56. The molecule has 1 fully saturated rings. The Balaban J connectivity index is 1.79. The second-order valence-electron chi connectivity index (χ2n) is 5.77. The zero-order chi connectivity index (χ0) is 12.6. The van der Waals surface area contributed by atoms with Crippen molar-refractivity contribution < 1.29 is 4.84 Å². The van der Waals surface area contributed by atoms with Crippen molar-refractivity contribution in [1.29, 1.82) is 0 Å². The number of rotatable bonds is 2. The zero-order valence-corrected chi connectivity index (χ0v) is 10.9. The average Bonchev–Trinajstić information content (AvgIpc) is 2.68. The van der Waals surface area contributed by atoms with Crippen molar-refractivity contribution in [3.8, 4) is 0 Å². The summed E-state index contributed by atoms with van der Waals surface area (Å²) < 4.78 is 0. The molecule has 1 atom stereocenters. The van der Waals surface area contributed by atoms with E-state index in [0.717, 1.165) is 12.8 Å². The van der Waals surface area contributed by atoms with Gasteiger partial charge in [-0.25, -0.2) is 0 Å². The van der Waals surface area contributed by atoms with Crippen LogP contribution in [0.5, 0.6) is 0 Å². The van der Waals surface area contributed by atoms with E-state index < -0.39 is 0 Å². The number of nitrogens with one attached hydrogen (secondary N) is 1. The number of fused-ring (bicyclic) bond motifs is 1. The minimum absolute atomic E-state index is 0.0402. The molecule has 2 aromatic carbocycles. The van der Waals surface area contributed by atoms with Gasteiger partial charge in [0.05, 0.1) is 5.60 Å². The van der Waals surface area contributed by atoms with Crippen molar-refractivity contribution in [2.24, 2.45) is 0 Å². The molecule has 2 aromatic rings. The van der Waals surface area contributed by atoms with Crippen LogP contribution in [0.2, 0.25) is 0 Å². The molecule has 0 radical (unpaired) electrons. The first-order valence-electron chi connectivity index (χ1n) is 6.54. The van der Waals surface area contributed by atoms with Crippen molar-refractivity contribution in [3.05, 3.63) is 48.0 Å². The van der Waals surface area contributed by atoms with E-state index in [1.54, 1.807) is 0 Å². The maximum Gasteiger partial charge on any atom is 0.0856 e. The Bertz CT molecular complexity index is 562. The van der Waals surface area contributed by atoms with Gasteiger partial charge in [-0.2, -0.15) is 5.48 Å².